The van der Waals surface area contributed by atoms with Crippen LogP contribution in [0.15, 0.2) is 18.2 Å². The third-order valence-electron chi connectivity index (χ3n) is 3.93. The fourth-order valence-corrected chi connectivity index (χ4v) is 2.79. The van der Waals surface area contributed by atoms with E-state index in [1.807, 2.05) is 6.07 Å². The maximum absolute atomic E-state index is 13.4. The molecule has 0 saturated heterocycles. The molecular formula is C17H20FN3. The van der Waals surface area contributed by atoms with Gasteiger partial charge in [-0.15, -0.1) is 0 Å². The highest BCUT2D eigenvalue weighted by molar-refractivity contribution is 5.57. The molecule has 3 rings (SSSR count). The van der Waals surface area contributed by atoms with Gasteiger partial charge >= 0.3 is 0 Å². The van der Waals surface area contributed by atoms with Crippen molar-refractivity contribution < 1.29 is 4.39 Å². The second-order valence-electron chi connectivity index (χ2n) is 5.56. The molecule has 3 nitrogen and oxygen atoms in total. The summed E-state index contributed by atoms with van der Waals surface area (Å²) in [6, 6.07) is 5.07. The number of aryl methyl sites for hydroxylation is 2. The molecule has 0 amide bonds. The van der Waals surface area contributed by atoms with E-state index in [4.69, 9.17) is 9.97 Å². The molecule has 0 radical (unpaired) electrons. The quantitative estimate of drug-likeness (QED) is 0.941. The van der Waals surface area contributed by atoms with Gasteiger partial charge < -0.3 is 5.32 Å². The number of nitrogens with zero attached hydrogens (tertiary/aromatic N) is 2. The number of hydrogen-bond acceptors (Lipinski definition) is 3. The number of hydrogen-bond donors (Lipinski definition) is 1. The van der Waals surface area contributed by atoms with Crippen molar-refractivity contribution in [2.24, 2.45) is 0 Å². The van der Waals surface area contributed by atoms with Gasteiger partial charge in [-0.05, 0) is 55.6 Å². The lowest BCUT2D eigenvalue weighted by molar-refractivity contribution is 0.613. The summed E-state index contributed by atoms with van der Waals surface area (Å²) < 4.78 is 13.4. The maximum atomic E-state index is 13.4. The maximum Gasteiger partial charge on any atom is 0.159 e. The minimum Gasteiger partial charge on any atom is -0.311 e. The average Bonchev–Trinajstić information content (AvgIpc) is 2.50. The number of nitrogens with one attached hydrogen (secondary N) is 1. The Morgan fingerprint density at radius 2 is 2.14 bits per heavy atom. The lowest BCUT2D eigenvalue weighted by Crippen LogP contribution is -2.26. The highest BCUT2D eigenvalue weighted by atomic mass is 19.1. The molecule has 0 unspecified atom stereocenters. The highest BCUT2D eigenvalue weighted by Gasteiger charge is 2.17. The second-order valence-corrected chi connectivity index (χ2v) is 5.56. The molecule has 110 valence electrons. The average molecular weight is 285 g/mol. The zero-order valence-corrected chi connectivity index (χ0v) is 12.5. The Morgan fingerprint density at radius 3 is 2.90 bits per heavy atom. The fraction of sp³-hybridized carbons (Fsp3) is 0.412. The van der Waals surface area contributed by atoms with Crippen molar-refractivity contribution in [1.82, 2.24) is 15.3 Å². The van der Waals surface area contributed by atoms with Gasteiger partial charge in [0.25, 0.3) is 0 Å². The van der Waals surface area contributed by atoms with Gasteiger partial charge in [0.1, 0.15) is 5.82 Å². The summed E-state index contributed by atoms with van der Waals surface area (Å²) in [6.45, 7) is 5.72. The van der Waals surface area contributed by atoms with Crippen molar-refractivity contribution in [3.8, 4) is 11.4 Å². The van der Waals surface area contributed by atoms with Crippen LogP contribution in [0.25, 0.3) is 11.4 Å². The van der Waals surface area contributed by atoms with E-state index in [2.05, 4.69) is 12.2 Å². The Balaban J connectivity index is 2.09. The molecule has 21 heavy (non-hydrogen) atoms. The molecule has 0 aliphatic carbocycles. The van der Waals surface area contributed by atoms with Crippen LogP contribution in [0.1, 0.15) is 35.9 Å². The van der Waals surface area contributed by atoms with E-state index in [-0.39, 0.29) is 5.82 Å². The van der Waals surface area contributed by atoms with Crippen molar-refractivity contribution in [2.75, 3.05) is 6.54 Å². The largest absolute Gasteiger partial charge is 0.311 e. The van der Waals surface area contributed by atoms with Crippen LogP contribution < -0.4 is 5.32 Å². The van der Waals surface area contributed by atoms with Gasteiger partial charge in [-0.3, -0.25) is 0 Å². The lowest BCUT2D eigenvalue weighted by Gasteiger charge is -2.20. The van der Waals surface area contributed by atoms with Crippen molar-refractivity contribution in [3.63, 3.8) is 0 Å². The van der Waals surface area contributed by atoms with E-state index in [0.717, 1.165) is 49.3 Å². The van der Waals surface area contributed by atoms with Crippen LogP contribution >= 0.6 is 0 Å². The van der Waals surface area contributed by atoms with Gasteiger partial charge in [0, 0.05) is 17.8 Å². The summed E-state index contributed by atoms with van der Waals surface area (Å²) in [5, 5.41) is 3.36. The van der Waals surface area contributed by atoms with Gasteiger partial charge in [0.15, 0.2) is 5.82 Å². The summed E-state index contributed by atoms with van der Waals surface area (Å²) in [6.07, 6.45) is 3.03. The summed E-state index contributed by atoms with van der Waals surface area (Å²) in [5.41, 5.74) is 5.07. The standard InChI is InChI=1S/C17H20FN3/c1-3-4-15-13-7-8-19-10-16(13)21-17(20-15)12-5-6-14(18)11(2)9-12/h5-6,9,19H,3-4,7-8,10H2,1-2H3. The molecule has 2 heterocycles. The Labute approximate surface area is 124 Å². The van der Waals surface area contributed by atoms with Crippen molar-refractivity contribution in [1.29, 1.82) is 0 Å². The molecule has 0 saturated carbocycles. The first-order chi connectivity index (χ1) is 10.2. The fourth-order valence-electron chi connectivity index (χ4n) is 2.79. The Bertz CT molecular complexity index is 667. The smallest absolute Gasteiger partial charge is 0.159 e. The first-order valence-corrected chi connectivity index (χ1v) is 7.55. The van der Waals surface area contributed by atoms with Crippen LogP contribution in [-0.4, -0.2) is 16.5 Å². The van der Waals surface area contributed by atoms with E-state index in [1.165, 1.54) is 11.6 Å². The topological polar surface area (TPSA) is 37.8 Å². The lowest BCUT2D eigenvalue weighted by atomic mass is 10.0. The van der Waals surface area contributed by atoms with E-state index in [1.54, 1.807) is 13.0 Å². The highest BCUT2D eigenvalue weighted by Crippen LogP contribution is 2.24. The van der Waals surface area contributed by atoms with Crippen molar-refractivity contribution in [3.05, 3.63) is 46.5 Å². The minimum absolute atomic E-state index is 0.188. The van der Waals surface area contributed by atoms with Gasteiger partial charge in [-0.2, -0.15) is 0 Å². The monoisotopic (exact) mass is 285 g/mol. The van der Waals surface area contributed by atoms with Crippen LogP contribution in [0, 0.1) is 12.7 Å². The van der Waals surface area contributed by atoms with E-state index in [9.17, 15) is 4.39 Å². The predicted octanol–water partition coefficient (Wildman–Crippen LogP) is 3.19. The molecule has 1 N–H and O–H groups in total. The van der Waals surface area contributed by atoms with Crippen LogP contribution in [0.5, 0.6) is 0 Å². The van der Waals surface area contributed by atoms with Crippen LogP contribution in [0.3, 0.4) is 0 Å². The molecule has 0 atom stereocenters. The van der Waals surface area contributed by atoms with E-state index in [0.29, 0.717) is 11.4 Å². The molecule has 4 heteroatoms. The normalized spacial score (nSPS) is 14.0. The Morgan fingerprint density at radius 1 is 1.29 bits per heavy atom. The van der Waals surface area contributed by atoms with Gasteiger partial charge in [-0.1, -0.05) is 13.3 Å². The first-order valence-electron chi connectivity index (χ1n) is 7.55. The number of benzene rings is 1. The Hall–Kier alpha value is -1.81. The molecule has 1 aliphatic rings. The molecular weight excluding hydrogens is 265 g/mol. The zero-order valence-electron chi connectivity index (χ0n) is 12.5. The minimum atomic E-state index is -0.188. The summed E-state index contributed by atoms with van der Waals surface area (Å²) in [5.74, 6) is 0.524. The molecule has 0 spiro atoms. The number of aromatic nitrogens is 2. The summed E-state index contributed by atoms with van der Waals surface area (Å²) in [4.78, 5) is 9.46. The van der Waals surface area contributed by atoms with Crippen molar-refractivity contribution in [2.45, 2.75) is 39.7 Å². The number of fused-ring (bicyclic) bond motifs is 1. The van der Waals surface area contributed by atoms with Gasteiger partial charge in [-0.25, -0.2) is 14.4 Å². The second kappa shape index (κ2) is 5.90. The third-order valence-corrected chi connectivity index (χ3v) is 3.93. The molecule has 2 aromatic rings. The number of halogens is 1. The molecule has 0 bridgehead atoms. The van der Waals surface area contributed by atoms with Gasteiger partial charge in [0.2, 0.25) is 0 Å². The van der Waals surface area contributed by atoms with Crippen LogP contribution in [-0.2, 0) is 19.4 Å². The Kier molecular flexibility index (Phi) is 3.97. The van der Waals surface area contributed by atoms with Crippen LogP contribution in [0.2, 0.25) is 0 Å². The third kappa shape index (κ3) is 2.81. The van der Waals surface area contributed by atoms with Gasteiger partial charge in [0.05, 0.1) is 5.69 Å². The summed E-state index contributed by atoms with van der Waals surface area (Å²) in [7, 11) is 0. The predicted molar refractivity (Wildman–Crippen MR) is 81.6 cm³/mol. The van der Waals surface area contributed by atoms with Crippen LogP contribution in [0.4, 0.5) is 4.39 Å². The first kappa shape index (κ1) is 14.1. The SMILES string of the molecule is CCCc1nc(-c2ccc(F)c(C)c2)nc2c1CCNC2. The molecule has 1 aromatic heterocycles. The molecule has 0 fully saturated rings. The zero-order chi connectivity index (χ0) is 14.8. The van der Waals surface area contributed by atoms with Crippen molar-refractivity contribution >= 4 is 0 Å². The molecule has 1 aliphatic heterocycles. The summed E-state index contributed by atoms with van der Waals surface area (Å²) >= 11 is 0. The van der Waals surface area contributed by atoms with E-state index >= 15 is 0 Å². The molecule has 1 aromatic carbocycles. The number of rotatable bonds is 3. The van der Waals surface area contributed by atoms with E-state index < -0.39 is 0 Å².